The number of aryl methyl sites for hydroxylation is 1. The third kappa shape index (κ3) is 4.36. The molecule has 20 heavy (non-hydrogen) atoms. The van der Waals surface area contributed by atoms with Gasteiger partial charge in [0, 0.05) is 23.0 Å². The third-order valence-electron chi connectivity index (χ3n) is 3.36. The zero-order chi connectivity index (χ0) is 13.3. The van der Waals surface area contributed by atoms with Crippen LogP contribution < -0.4 is 28.7 Å². The fourth-order valence-electron chi connectivity index (χ4n) is 2.26. The number of likely N-dealkylation sites (N-methyl/N-ethyl adjacent to an activating group) is 1. The number of rotatable bonds is 4. The van der Waals surface area contributed by atoms with E-state index >= 15 is 0 Å². The van der Waals surface area contributed by atoms with Crippen molar-refractivity contribution in [3.63, 3.8) is 0 Å². The van der Waals surface area contributed by atoms with Crippen molar-refractivity contribution in [2.24, 2.45) is 0 Å². The van der Waals surface area contributed by atoms with Gasteiger partial charge in [-0.05, 0) is 30.7 Å². The van der Waals surface area contributed by atoms with E-state index < -0.39 is 0 Å². The molecule has 1 heterocycles. The Morgan fingerprint density at radius 1 is 1.20 bits per heavy atom. The Bertz CT molecular complexity index is 559. The Balaban J connectivity index is 0.00000180. The van der Waals surface area contributed by atoms with Crippen molar-refractivity contribution < 1.29 is 38.7 Å². The molecule has 0 radical (unpaired) electrons. The molecule has 0 unspecified atom stereocenters. The van der Waals surface area contributed by atoms with E-state index in [0.717, 1.165) is 23.2 Å². The van der Waals surface area contributed by atoms with Gasteiger partial charge in [0.05, 0.1) is 34.8 Å². The van der Waals surface area contributed by atoms with Gasteiger partial charge < -0.3 is 43.7 Å². The molecule has 1 aromatic heterocycles. The molecule has 1 aromatic carbocycles. The minimum absolute atomic E-state index is 0. The molecule has 3 N–H and O–H groups in total. The normalized spacial score (nSPS) is 10.8. The highest BCUT2D eigenvalue weighted by molar-refractivity contribution is 5.86. The fraction of sp³-hybridized carbons (Fsp3) is 0.467. The van der Waals surface area contributed by atoms with Crippen LogP contribution in [0, 0.1) is 6.92 Å². The lowest BCUT2D eigenvalue weighted by molar-refractivity contribution is -0.870. The number of methoxy groups -OCH3 is 1. The highest BCUT2D eigenvalue weighted by atomic mass is 127. The first-order valence-electron chi connectivity index (χ1n) is 6.36. The molecule has 0 aliphatic rings. The van der Waals surface area contributed by atoms with Gasteiger partial charge in [-0.15, -0.1) is 0 Å². The summed E-state index contributed by atoms with van der Waals surface area (Å²) in [5.41, 5.74) is 3.88. The minimum atomic E-state index is 0. The molecule has 0 fully saturated rings. The first kappa shape index (κ1) is 19.2. The van der Waals surface area contributed by atoms with Gasteiger partial charge in [-0.2, -0.15) is 0 Å². The van der Waals surface area contributed by atoms with E-state index in [9.17, 15) is 0 Å². The molecule has 0 amide bonds. The molecular formula is C15H25IN2O2. The monoisotopic (exact) mass is 392 g/mol. The van der Waals surface area contributed by atoms with E-state index in [2.05, 4.69) is 45.2 Å². The SMILES string of the molecule is COc1ccc2[nH]c(C)c(CC[N+](C)(C)C)c2c1.O.[I-]. The minimum Gasteiger partial charge on any atom is -1.00 e. The van der Waals surface area contributed by atoms with Gasteiger partial charge in [0.25, 0.3) is 0 Å². The Kier molecular flexibility index (Phi) is 7.00. The van der Waals surface area contributed by atoms with Crippen LogP contribution in [0.25, 0.3) is 10.9 Å². The van der Waals surface area contributed by atoms with Crippen molar-refractivity contribution in [2.45, 2.75) is 13.3 Å². The van der Waals surface area contributed by atoms with Crippen LogP contribution in [0.15, 0.2) is 18.2 Å². The zero-order valence-electron chi connectivity index (χ0n) is 12.9. The second-order valence-electron chi connectivity index (χ2n) is 5.90. The van der Waals surface area contributed by atoms with Crippen molar-refractivity contribution in [1.29, 1.82) is 0 Å². The first-order valence-corrected chi connectivity index (χ1v) is 6.36. The summed E-state index contributed by atoms with van der Waals surface area (Å²) in [4.78, 5) is 3.45. The second-order valence-corrected chi connectivity index (χ2v) is 5.90. The number of aromatic amines is 1. The average molecular weight is 392 g/mol. The lowest BCUT2D eigenvalue weighted by Crippen LogP contribution is -3.00. The molecule has 0 spiro atoms. The molecule has 5 heteroatoms. The molecule has 2 aromatic rings. The standard InChI is InChI=1S/C15H23N2O.HI.H2O/c1-11-13(8-9-17(2,3)4)14-10-12(18-5)6-7-15(14)16-11;;/h6-7,10,16H,8-9H2,1-5H3;1H;1H2/q+1;;/p-1. The van der Waals surface area contributed by atoms with E-state index in [1.165, 1.54) is 22.2 Å². The smallest absolute Gasteiger partial charge is 0.119 e. The summed E-state index contributed by atoms with van der Waals surface area (Å²) in [6, 6.07) is 6.22. The van der Waals surface area contributed by atoms with Crippen molar-refractivity contribution in [3.8, 4) is 5.75 Å². The van der Waals surface area contributed by atoms with Crippen LogP contribution in [-0.4, -0.2) is 49.7 Å². The maximum absolute atomic E-state index is 5.31. The first-order chi connectivity index (χ1) is 8.40. The molecule has 2 rings (SSSR count). The van der Waals surface area contributed by atoms with Crippen LogP contribution >= 0.6 is 0 Å². The number of benzene rings is 1. The molecule has 0 saturated carbocycles. The quantitative estimate of drug-likeness (QED) is 0.522. The number of halogens is 1. The molecule has 114 valence electrons. The number of aromatic nitrogens is 1. The van der Waals surface area contributed by atoms with Gasteiger partial charge in [-0.3, -0.25) is 0 Å². The lowest BCUT2D eigenvalue weighted by Gasteiger charge is -2.23. The van der Waals surface area contributed by atoms with Crippen molar-refractivity contribution in [1.82, 2.24) is 4.98 Å². The number of hydrogen-bond acceptors (Lipinski definition) is 1. The van der Waals surface area contributed by atoms with Crippen molar-refractivity contribution >= 4 is 10.9 Å². The Labute approximate surface area is 138 Å². The van der Waals surface area contributed by atoms with Crippen LogP contribution in [-0.2, 0) is 6.42 Å². The predicted octanol–water partition coefficient (Wildman–Crippen LogP) is -1.09. The Morgan fingerprint density at radius 3 is 2.40 bits per heavy atom. The van der Waals surface area contributed by atoms with Gasteiger partial charge in [0.2, 0.25) is 0 Å². The van der Waals surface area contributed by atoms with Gasteiger partial charge in [-0.1, -0.05) is 0 Å². The van der Waals surface area contributed by atoms with Gasteiger partial charge in [-0.25, -0.2) is 0 Å². The van der Waals surface area contributed by atoms with Crippen LogP contribution in [0.3, 0.4) is 0 Å². The molecule has 0 aliphatic heterocycles. The summed E-state index contributed by atoms with van der Waals surface area (Å²) in [6.07, 6.45) is 1.09. The highest BCUT2D eigenvalue weighted by Crippen LogP contribution is 2.26. The molecule has 4 nitrogen and oxygen atoms in total. The molecule has 0 atom stereocenters. The van der Waals surface area contributed by atoms with E-state index in [1.807, 2.05) is 6.07 Å². The number of H-pyrrole nitrogens is 1. The molecular weight excluding hydrogens is 367 g/mol. The van der Waals surface area contributed by atoms with Gasteiger partial charge >= 0.3 is 0 Å². The fourth-order valence-corrected chi connectivity index (χ4v) is 2.26. The van der Waals surface area contributed by atoms with E-state index in [1.54, 1.807) is 7.11 Å². The van der Waals surface area contributed by atoms with Crippen LogP contribution in [0.1, 0.15) is 11.3 Å². The number of quaternary nitrogens is 1. The largest absolute Gasteiger partial charge is 1.00 e. The van der Waals surface area contributed by atoms with Crippen LogP contribution in [0.4, 0.5) is 0 Å². The van der Waals surface area contributed by atoms with E-state index in [0.29, 0.717) is 0 Å². The van der Waals surface area contributed by atoms with Crippen molar-refractivity contribution in [3.05, 3.63) is 29.5 Å². The Hall–Kier alpha value is -0.790. The van der Waals surface area contributed by atoms with Crippen LogP contribution in [0.5, 0.6) is 5.75 Å². The van der Waals surface area contributed by atoms with Crippen LogP contribution in [0.2, 0.25) is 0 Å². The van der Waals surface area contributed by atoms with E-state index in [4.69, 9.17) is 4.74 Å². The van der Waals surface area contributed by atoms with Gasteiger partial charge in [0.1, 0.15) is 5.75 Å². The summed E-state index contributed by atoms with van der Waals surface area (Å²) in [5, 5.41) is 1.29. The second kappa shape index (κ2) is 7.28. The summed E-state index contributed by atoms with van der Waals surface area (Å²) in [7, 11) is 8.40. The third-order valence-corrected chi connectivity index (χ3v) is 3.36. The maximum atomic E-state index is 5.31. The Morgan fingerprint density at radius 2 is 1.85 bits per heavy atom. The topological polar surface area (TPSA) is 56.5 Å². The summed E-state index contributed by atoms with van der Waals surface area (Å²) >= 11 is 0. The number of nitrogens with zero attached hydrogens (tertiary/aromatic N) is 1. The summed E-state index contributed by atoms with van der Waals surface area (Å²) in [5.74, 6) is 0.924. The summed E-state index contributed by atoms with van der Waals surface area (Å²) in [6.45, 7) is 3.28. The van der Waals surface area contributed by atoms with Gasteiger partial charge in [0.15, 0.2) is 0 Å². The zero-order valence-corrected chi connectivity index (χ0v) is 15.0. The molecule has 0 aliphatic carbocycles. The number of ether oxygens (including phenoxy) is 1. The van der Waals surface area contributed by atoms with Crippen molar-refractivity contribution in [2.75, 3.05) is 34.8 Å². The lowest BCUT2D eigenvalue weighted by atomic mass is 10.1. The maximum Gasteiger partial charge on any atom is 0.119 e. The number of nitrogens with one attached hydrogen (secondary N) is 1. The van der Waals surface area contributed by atoms with E-state index in [-0.39, 0.29) is 29.5 Å². The average Bonchev–Trinajstić information content (AvgIpc) is 2.60. The summed E-state index contributed by atoms with van der Waals surface area (Å²) < 4.78 is 6.30. The number of fused-ring (bicyclic) bond motifs is 1. The predicted molar refractivity (Wildman–Crippen MR) is 79.8 cm³/mol. The number of hydrogen-bond donors (Lipinski definition) is 1. The highest BCUT2D eigenvalue weighted by Gasteiger charge is 2.13. The molecule has 0 saturated heterocycles. The molecule has 0 bridgehead atoms.